The van der Waals surface area contributed by atoms with Crippen molar-refractivity contribution in [1.82, 2.24) is 9.80 Å². The van der Waals surface area contributed by atoms with Gasteiger partial charge >= 0.3 is 0 Å². The van der Waals surface area contributed by atoms with Crippen molar-refractivity contribution in [2.75, 3.05) is 33.2 Å². The Morgan fingerprint density at radius 2 is 1.88 bits per heavy atom. The number of benzene rings is 1. The second-order valence-corrected chi connectivity index (χ2v) is 4.77. The van der Waals surface area contributed by atoms with Crippen LogP contribution in [0.2, 0.25) is 0 Å². The van der Waals surface area contributed by atoms with Crippen LogP contribution in [0, 0.1) is 12.3 Å². The molecule has 0 unspecified atom stereocenters. The molecule has 0 aliphatic carbocycles. The zero-order valence-electron chi connectivity index (χ0n) is 10.5. The maximum atomic E-state index is 5.35. The van der Waals surface area contributed by atoms with Gasteiger partial charge in [-0.25, -0.2) is 0 Å². The molecule has 0 saturated carbocycles. The molecule has 1 aromatic rings. The largest absolute Gasteiger partial charge is 0.305 e. The lowest BCUT2D eigenvalue weighted by molar-refractivity contribution is 0.269. The Hall–Kier alpha value is -1.30. The fourth-order valence-electron chi connectivity index (χ4n) is 2.22. The first-order valence-electron chi connectivity index (χ1n) is 6.24. The minimum absolute atomic E-state index is 0.962. The van der Waals surface area contributed by atoms with E-state index in [2.05, 4.69) is 34.9 Å². The molecular formula is C15H20N2. The molecule has 2 nitrogen and oxygen atoms in total. The summed E-state index contributed by atoms with van der Waals surface area (Å²) in [5.74, 6) is 2.65. The quantitative estimate of drug-likeness (QED) is 0.712. The van der Waals surface area contributed by atoms with E-state index in [4.69, 9.17) is 6.42 Å². The highest BCUT2D eigenvalue weighted by Gasteiger charge is 2.11. The molecule has 0 aromatic heterocycles. The van der Waals surface area contributed by atoms with Crippen LogP contribution in [0.5, 0.6) is 0 Å². The van der Waals surface area contributed by atoms with Gasteiger partial charge in [0.15, 0.2) is 0 Å². The molecule has 1 fully saturated rings. The third kappa shape index (κ3) is 3.59. The minimum Gasteiger partial charge on any atom is -0.305 e. The Bertz CT molecular complexity index is 388. The predicted molar refractivity (Wildman–Crippen MR) is 71.8 cm³/mol. The molecular weight excluding hydrogens is 208 g/mol. The number of terminal acetylenes is 1. The second kappa shape index (κ2) is 5.86. The highest BCUT2D eigenvalue weighted by molar-refractivity contribution is 5.34. The summed E-state index contributed by atoms with van der Waals surface area (Å²) in [5, 5.41) is 0. The van der Waals surface area contributed by atoms with E-state index in [1.807, 2.05) is 12.1 Å². The molecule has 90 valence electrons. The third-order valence-electron chi connectivity index (χ3n) is 3.34. The van der Waals surface area contributed by atoms with Gasteiger partial charge in [-0.1, -0.05) is 18.1 Å². The van der Waals surface area contributed by atoms with E-state index in [1.165, 1.54) is 31.6 Å². The highest BCUT2D eigenvalue weighted by atomic mass is 15.2. The zero-order chi connectivity index (χ0) is 12.1. The smallest absolute Gasteiger partial charge is 0.0242 e. The molecule has 0 amide bonds. The van der Waals surface area contributed by atoms with Gasteiger partial charge in [-0.2, -0.15) is 0 Å². The van der Waals surface area contributed by atoms with Crippen molar-refractivity contribution in [2.24, 2.45) is 0 Å². The van der Waals surface area contributed by atoms with E-state index in [-0.39, 0.29) is 0 Å². The van der Waals surface area contributed by atoms with Crippen LogP contribution in [0.3, 0.4) is 0 Å². The zero-order valence-corrected chi connectivity index (χ0v) is 10.5. The molecule has 1 aliphatic heterocycles. The van der Waals surface area contributed by atoms with Crippen LogP contribution in [-0.2, 0) is 6.54 Å². The van der Waals surface area contributed by atoms with Gasteiger partial charge in [-0.05, 0) is 44.3 Å². The number of nitrogens with zero attached hydrogens (tertiary/aromatic N) is 2. The Balaban J connectivity index is 1.93. The normalized spacial score (nSPS) is 18.6. The van der Waals surface area contributed by atoms with E-state index in [0.717, 1.165) is 18.7 Å². The average Bonchev–Trinajstić information content (AvgIpc) is 2.56. The maximum Gasteiger partial charge on any atom is 0.0242 e. The highest BCUT2D eigenvalue weighted by Crippen LogP contribution is 2.09. The van der Waals surface area contributed by atoms with Crippen molar-refractivity contribution < 1.29 is 0 Å². The van der Waals surface area contributed by atoms with Crippen molar-refractivity contribution in [2.45, 2.75) is 13.0 Å². The van der Waals surface area contributed by atoms with Gasteiger partial charge < -0.3 is 4.90 Å². The molecule has 1 aromatic carbocycles. The molecule has 1 heterocycles. The van der Waals surface area contributed by atoms with Gasteiger partial charge in [-0.15, -0.1) is 6.42 Å². The van der Waals surface area contributed by atoms with Crippen molar-refractivity contribution in [3.63, 3.8) is 0 Å². The molecule has 2 rings (SSSR count). The van der Waals surface area contributed by atoms with Crippen molar-refractivity contribution in [1.29, 1.82) is 0 Å². The molecule has 0 atom stereocenters. The van der Waals surface area contributed by atoms with Crippen molar-refractivity contribution >= 4 is 0 Å². The molecule has 2 heteroatoms. The average molecular weight is 228 g/mol. The number of likely N-dealkylation sites (N-methyl/N-ethyl adjacent to an activating group) is 1. The lowest BCUT2D eigenvalue weighted by atomic mass is 10.1. The summed E-state index contributed by atoms with van der Waals surface area (Å²) in [6.07, 6.45) is 6.62. The van der Waals surface area contributed by atoms with E-state index >= 15 is 0 Å². The third-order valence-corrected chi connectivity index (χ3v) is 3.34. The van der Waals surface area contributed by atoms with Crippen LogP contribution in [-0.4, -0.2) is 43.0 Å². The van der Waals surface area contributed by atoms with Crippen LogP contribution in [0.15, 0.2) is 24.3 Å². The minimum atomic E-state index is 0.962. The molecule has 1 saturated heterocycles. The first kappa shape index (κ1) is 12.2. The summed E-state index contributed by atoms with van der Waals surface area (Å²) in [6.45, 7) is 5.78. The van der Waals surface area contributed by atoms with Crippen molar-refractivity contribution in [3.8, 4) is 12.3 Å². The van der Waals surface area contributed by atoms with E-state index < -0.39 is 0 Å². The number of rotatable bonds is 2. The van der Waals surface area contributed by atoms with Crippen molar-refractivity contribution in [3.05, 3.63) is 35.4 Å². The van der Waals surface area contributed by atoms with Crippen LogP contribution in [0.1, 0.15) is 17.5 Å². The molecule has 0 bridgehead atoms. The summed E-state index contributed by atoms with van der Waals surface area (Å²) >= 11 is 0. The fraction of sp³-hybridized carbons (Fsp3) is 0.467. The monoisotopic (exact) mass is 228 g/mol. The summed E-state index contributed by atoms with van der Waals surface area (Å²) in [7, 11) is 2.20. The van der Waals surface area contributed by atoms with Crippen LogP contribution >= 0.6 is 0 Å². The molecule has 17 heavy (non-hydrogen) atoms. The van der Waals surface area contributed by atoms with E-state index in [9.17, 15) is 0 Å². The first-order valence-corrected chi connectivity index (χ1v) is 6.24. The lowest BCUT2D eigenvalue weighted by Gasteiger charge is -2.20. The van der Waals surface area contributed by atoms with Gasteiger partial charge in [0.25, 0.3) is 0 Å². The summed E-state index contributed by atoms with van der Waals surface area (Å²) in [5.41, 5.74) is 2.32. The Morgan fingerprint density at radius 1 is 1.12 bits per heavy atom. The second-order valence-electron chi connectivity index (χ2n) is 4.77. The summed E-state index contributed by atoms with van der Waals surface area (Å²) in [4.78, 5) is 4.93. The SMILES string of the molecule is C#Cc1ccc(CN2CCCN(C)CC2)cc1. The van der Waals surface area contributed by atoms with Gasteiger partial charge in [-0.3, -0.25) is 4.90 Å². The topological polar surface area (TPSA) is 6.48 Å². The van der Waals surface area contributed by atoms with Gasteiger partial charge in [0.2, 0.25) is 0 Å². The van der Waals surface area contributed by atoms with Crippen LogP contribution < -0.4 is 0 Å². The molecule has 0 spiro atoms. The fourth-order valence-corrected chi connectivity index (χ4v) is 2.22. The van der Waals surface area contributed by atoms with Gasteiger partial charge in [0, 0.05) is 25.2 Å². The molecule has 0 radical (unpaired) electrons. The Kier molecular flexibility index (Phi) is 4.19. The van der Waals surface area contributed by atoms with E-state index in [0.29, 0.717) is 0 Å². The number of hydrogen-bond donors (Lipinski definition) is 0. The summed E-state index contributed by atoms with van der Waals surface area (Å²) in [6, 6.07) is 8.34. The van der Waals surface area contributed by atoms with Gasteiger partial charge in [0.05, 0.1) is 0 Å². The molecule has 1 aliphatic rings. The first-order chi connectivity index (χ1) is 8.28. The summed E-state index contributed by atoms with van der Waals surface area (Å²) < 4.78 is 0. The number of hydrogen-bond acceptors (Lipinski definition) is 2. The lowest BCUT2D eigenvalue weighted by Crippen LogP contribution is -2.28. The van der Waals surface area contributed by atoms with Crippen LogP contribution in [0.25, 0.3) is 0 Å². The van der Waals surface area contributed by atoms with Crippen LogP contribution in [0.4, 0.5) is 0 Å². The van der Waals surface area contributed by atoms with Gasteiger partial charge in [0.1, 0.15) is 0 Å². The standard InChI is InChI=1S/C15H20N2/c1-3-14-5-7-15(8-6-14)13-17-10-4-9-16(2)11-12-17/h1,5-8H,4,9-13H2,2H3. The van der Waals surface area contributed by atoms with E-state index in [1.54, 1.807) is 0 Å². The predicted octanol–water partition coefficient (Wildman–Crippen LogP) is 1.81. The Morgan fingerprint density at radius 3 is 2.59 bits per heavy atom. The maximum absolute atomic E-state index is 5.35. The Labute approximate surface area is 104 Å². The molecule has 0 N–H and O–H groups in total.